The molecule has 0 atom stereocenters. The third-order valence-corrected chi connectivity index (χ3v) is 2.25. The molecular formula is C12H12O5. The molecule has 0 aliphatic rings. The van der Waals surface area contributed by atoms with Gasteiger partial charge in [-0.3, -0.25) is 0 Å². The standard InChI is InChI=1S/C12H12O5/c1-8-6-12(14)16-11-7-9(2-3-10(8)11)17-15-5-4-13/h2-3,6-7,13H,4-5H2,1H3. The first-order valence-corrected chi connectivity index (χ1v) is 5.15. The molecule has 1 aromatic heterocycles. The monoisotopic (exact) mass is 236 g/mol. The maximum Gasteiger partial charge on any atom is 0.336 e. The molecule has 0 radical (unpaired) electrons. The van der Waals surface area contributed by atoms with Gasteiger partial charge >= 0.3 is 5.63 Å². The van der Waals surface area contributed by atoms with Crippen LogP contribution in [0.15, 0.2) is 33.5 Å². The zero-order valence-corrected chi connectivity index (χ0v) is 9.30. The van der Waals surface area contributed by atoms with Gasteiger partial charge in [-0.1, -0.05) is 0 Å². The Hall–Kier alpha value is -1.85. The van der Waals surface area contributed by atoms with Crippen LogP contribution in [0.25, 0.3) is 11.0 Å². The minimum atomic E-state index is -0.400. The number of hydrogen-bond donors (Lipinski definition) is 1. The summed E-state index contributed by atoms with van der Waals surface area (Å²) in [5.41, 5.74) is 0.891. The van der Waals surface area contributed by atoms with Gasteiger partial charge in [-0.2, -0.15) is 4.89 Å². The van der Waals surface area contributed by atoms with E-state index in [9.17, 15) is 4.79 Å². The first-order chi connectivity index (χ1) is 8.20. The van der Waals surface area contributed by atoms with Crippen molar-refractivity contribution in [2.45, 2.75) is 6.92 Å². The lowest BCUT2D eigenvalue weighted by Gasteiger charge is -2.05. The van der Waals surface area contributed by atoms with E-state index in [0.29, 0.717) is 11.3 Å². The number of hydrogen-bond acceptors (Lipinski definition) is 5. The number of aliphatic hydroxyl groups is 1. The van der Waals surface area contributed by atoms with Gasteiger partial charge in [0.1, 0.15) is 12.2 Å². The maximum atomic E-state index is 11.2. The van der Waals surface area contributed by atoms with Crippen LogP contribution < -0.4 is 10.5 Å². The van der Waals surface area contributed by atoms with Gasteiger partial charge < -0.3 is 14.4 Å². The Labute approximate surface area is 97.1 Å². The zero-order valence-electron chi connectivity index (χ0n) is 9.30. The number of fused-ring (bicyclic) bond motifs is 1. The molecule has 0 fully saturated rings. The molecular weight excluding hydrogens is 224 g/mol. The minimum Gasteiger partial charge on any atom is -0.423 e. The Bertz CT molecular complexity index is 573. The first-order valence-electron chi connectivity index (χ1n) is 5.15. The summed E-state index contributed by atoms with van der Waals surface area (Å²) >= 11 is 0. The normalized spacial score (nSPS) is 10.7. The fraction of sp³-hybridized carbons (Fsp3) is 0.250. The Morgan fingerprint density at radius 1 is 1.35 bits per heavy atom. The molecule has 0 bridgehead atoms. The summed E-state index contributed by atoms with van der Waals surface area (Å²) in [7, 11) is 0. The fourth-order valence-electron chi connectivity index (χ4n) is 1.50. The lowest BCUT2D eigenvalue weighted by atomic mass is 10.1. The van der Waals surface area contributed by atoms with Gasteiger partial charge in [0, 0.05) is 17.5 Å². The van der Waals surface area contributed by atoms with Crippen LogP contribution in [0.4, 0.5) is 0 Å². The molecule has 0 unspecified atom stereocenters. The van der Waals surface area contributed by atoms with E-state index in [0.717, 1.165) is 10.9 Å². The number of rotatable bonds is 4. The summed E-state index contributed by atoms with van der Waals surface area (Å²) in [4.78, 5) is 20.8. The summed E-state index contributed by atoms with van der Waals surface area (Å²) in [5.74, 6) is 0.416. The number of aliphatic hydroxyl groups excluding tert-OH is 1. The SMILES string of the molecule is Cc1cc(=O)oc2cc(OOCCO)ccc12. The highest BCUT2D eigenvalue weighted by molar-refractivity contribution is 5.81. The van der Waals surface area contributed by atoms with E-state index >= 15 is 0 Å². The van der Waals surface area contributed by atoms with Crippen molar-refractivity contribution >= 4 is 11.0 Å². The molecule has 5 heteroatoms. The van der Waals surface area contributed by atoms with Crippen LogP contribution in [0, 0.1) is 6.92 Å². The van der Waals surface area contributed by atoms with Gasteiger partial charge in [-0.25, -0.2) is 4.79 Å². The van der Waals surface area contributed by atoms with Crippen molar-refractivity contribution in [2.24, 2.45) is 0 Å². The molecule has 0 spiro atoms. The second-order valence-corrected chi connectivity index (χ2v) is 3.54. The van der Waals surface area contributed by atoms with E-state index in [1.54, 1.807) is 18.2 Å². The molecule has 2 rings (SSSR count). The van der Waals surface area contributed by atoms with Crippen molar-refractivity contribution in [2.75, 3.05) is 13.2 Å². The molecule has 0 aliphatic heterocycles. The second kappa shape index (κ2) is 4.99. The first kappa shape index (κ1) is 11.6. The molecule has 0 amide bonds. The smallest absolute Gasteiger partial charge is 0.336 e. The highest BCUT2D eigenvalue weighted by atomic mass is 17.2. The van der Waals surface area contributed by atoms with Gasteiger partial charge in [0.25, 0.3) is 0 Å². The van der Waals surface area contributed by atoms with E-state index < -0.39 is 5.63 Å². The Morgan fingerprint density at radius 3 is 2.94 bits per heavy atom. The average Bonchev–Trinajstić information content (AvgIpc) is 2.28. The molecule has 1 aromatic carbocycles. The number of benzene rings is 1. The molecule has 17 heavy (non-hydrogen) atoms. The Morgan fingerprint density at radius 2 is 2.18 bits per heavy atom. The Kier molecular flexibility index (Phi) is 3.41. The largest absolute Gasteiger partial charge is 0.423 e. The van der Waals surface area contributed by atoms with Gasteiger partial charge in [0.05, 0.1) is 6.61 Å². The topological polar surface area (TPSA) is 68.9 Å². The van der Waals surface area contributed by atoms with Crippen molar-refractivity contribution in [3.05, 3.63) is 40.2 Å². The lowest BCUT2D eigenvalue weighted by Crippen LogP contribution is -2.03. The van der Waals surface area contributed by atoms with E-state index in [1.807, 2.05) is 6.92 Å². The van der Waals surface area contributed by atoms with Gasteiger partial charge in [-0.05, 0) is 24.6 Å². The molecule has 1 heterocycles. The quantitative estimate of drug-likeness (QED) is 0.376. The van der Waals surface area contributed by atoms with Crippen LogP contribution in [0.1, 0.15) is 5.56 Å². The van der Waals surface area contributed by atoms with Crippen LogP contribution in [0.3, 0.4) is 0 Å². The van der Waals surface area contributed by atoms with Crippen molar-refractivity contribution in [1.29, 1.82) is 0 Å². The maximum absolute atomic E-state index is 11.2. The summed E-state index contributed by atoms with van der Waals surface area (Å²) < 4.78 is 5.05. The van der Waals surface area contributed by atoms with Crippen molar-refractivity contribution in [1.82, 2.24) is 0 Å². The van der Waals surface area contributed by atoms with Crippen LogP contribution in [-0.4, -0.2) is 18.3 Å². The molecule has 2 aromatic rings. The molecule has 1 N–H and O–H groups in total. The van der Waals surface area contributed by atoms with E-state index in [1.165, 1.54) is 6.07 Å². The van der Waals surface area contributed by atoms with Crippen LogP contribution >= 0.6 is 0 Å². The fourth-order valence-corrected chi connectivity index (χ4v) is 1.50. The van der Waals surface area contributed by atoms with Crippen LogP contribution in [0.2, 0.25) is 0 Å². The highest BCUT2D eigenvalue weighted by Crippen LogP contribution is 2.22. The molecule has 90 valence electrons. The zero-order chi connectivity index (χ0) is 12.3. The highest BCUT2D eigenvalue weighted by Gasteiger charge is 2.04. The Balaban J connectivity index is 2.33. The van der Waals surface area contributed by atoms with E-state index in [2.05, 4.69) is 0 Å². The summed E-state index contributed by atoms with van der Waals surface area (Å²) in [6.45, 7) is 1.79. The van der Waals surface area contributed by atoms with Gasteiger partial charge in [-0.15, -0.1) is 0 Å². The minimum absolute atomic E-state index is 0.0792. The van der Waals surface area contributed by atoms with Crippen molar-refractivity contribution in [3.8, 4) is 5.75 Å². The molecule has 0 saturated carbocycles. The van der Waals surface area contributed by atoms with E-state index in [-0.39, 0.29) is 13.2 Å². The van der Waals surface area contributed by atoms with Crippen LogP contribution in [0.5, 0.6) is 5.75 Å². The lowest BCUT2D eigenvalue weighted by molar-refractivity contribution is -0.212. The van der Waals surface area contributed by atoms with Gasteiger partial charge in [0.2, 0.25) is 0 Å². The predicted octanol–water partition coefficient (Wildman–Crippen LogP) is 1.40. The molecule has 0 aliphatic carbocycles. The van der Waals surface area contributed by atoms with Crippen LogP contribution in [-0.2, 0) is 4.89 Å². The van der Waals surface area contributed by atoms with Crippen molar-refractivity contribution < 1.29 is 19.3 Å². The molecule has 0 saturated heterocycles. The average molecular weight is 236 g/mol. The van der Waals surface area contributed by atoms with Crippen molar-refractivity contribution in [3.63, 3.8) is 0 Å². The molecule has 5 nitrogen and oxygen atoms in total. The second-order valence-electron chi connectivity index (χ2n) is 3.54. The summed E-state index contributed by atoms with van der Waals surface area (Å²) in [6.07, 6.45) is 0. The third kappa shape index (κ3) is 2.64. The summed E-state index contributed by atoms with van der Waals surface area (Å²) in [5, 5.41) is 9.37. The number of aryl methyl sites for hydroxylation is 1. The predicted molar refractivity (Wildman–Crippen MR) is 60.9 cm³/mol. The van der Waals surface area contributed by atoms with Gasteiger partial charge in [0.15, 0.2) is 5.75 Å². The third-order valence-electron chi connectivity index (χ3n) is 2.25. The summed E-state index contributed by atoms with van der Waals surface area (Å²) in [6, 6.07) is 6.49. The van der Waals surface area contributed by atoms with E-state index in [4.69, 9.17) is 19.3 Å².